The van der Waals surface area contributed by atoms with E-state index in [2.05, 4.69) is 0 Å². The Bertz CT molecular complexity index is 833. The molecule has 6 nitrogen and oxygen atoms in total. The average molecular weight is 454 g/mol. The third-order valence-electron chi connectivity index (χ3n) is 5.06. The number of halogens is 3. The zero-order valence-electron chi connectivity index (χ0n) is 18.6. The molecule has 11 heteroatoms. The number of carbonyl (C=O) groups is 2. The van der Waals surface area contributed by atoms with Gasteiger partial charge >= 0.3 is 70.4 Å². The largest absolute Gasteiger partial charge is 1.00 e. The van der Waals surface area contributed by atoms with Crippen LogP contribution in [-0.4, -0.2) is 60.8 Å². The maximum Gasteiger partial charge on any atom is 1.00 e. The number of hydrogen-bond donors (Lipinski definition) is 1. The second-order valence-corrected chi connectivity index (χ2v) is 8.35. The van der Waals surface area contributed by atoms with E-state index >= 15 is 0 Å². The van der Waals surface area contributed by atoms with Crippen molar-refractivity contribution >= 4 is 30.2 Å². The zero-order chi connectivity index (χ0) is 22.3. The van der Waals surface area contributed by atoms with Crippen LogP contribution in [0.15, 0.2) is 0 Å². The summed E-state index contributed by atoms with van der Waals surface area (Å²) in [6, 6.07) is 0. The molecule has 162 valence electrons. The number of aromatic carboxylic acids is 1. The molecule has 0 saturated carbocycles. The molecule has 1 aliphatic heterocycles. The van der Waals surface area contributed by atoms with Gasteiger partial charge in [-0.2, -0.15) is 0 Å². The molecule has 30 heavy (non-hydrogen) atoms. The van der Waals surface area contributed by atoms with E-state index in [-0.39, 0.29) is 99.9 Å². The van der Waals surface area contributed by atoms with Gasteiger partial charge in [-0.1, -0.05) is 16.6 Å². The van der Waals surface area contributed by atoms with Crippen LogP contribution in [0.4, 0.5) is 23.4 Å². The van der Waals surface area contributed by atoms with Gasteiger partial charge in [0.15, 0.2) is 0 Å². The Morgan fingerprint density at radius 2 is 1.47 bits per heavy atom. The minimum absolute atomic E-state index is 0. The fourth-order valence-electron chi connectivity index (χ4n) is 3.95. The summed E-state index contributed by atoms with van der Waals surface area (Å²) in [5.74, 6) is -1.38. The maximum absolute atomic E-state index is 13.7. The van der Waals surface area contributed by atoms with E-state index in [9.17, 15) is 27.6 Å². The molecule has 0 aromatic heterocycles. The summed E-state index contributed by atoms with van der Waals surface area (Å²) < 4.78 is 46.6. The number of anilines is 1. The molecule has 0 atom stereocenters. The number of carbonyl (C=O) groups excluding carboxylic acids is 1. The van der Waals surface area contributed by atoms with E-state index in [1.165, 1.54) is 25.7 Å². The molecule has 1 aliphatic rings. The van der Waals surface area contributed by atoms with Crippen LogP contribution in [0.2, 0.25) is 0 Å². The van der Waals surface area contributed by atoms with Gasteiger partial charge in [0.2, 0.25) is 0 Å². The van der Waals surface area contributed by atoms with Crippen LogP contribution in [0, 0.1) is 20.8 Å². The zero-order valence-corrected chi connectivity index (χ0v) is 21.7. The number of benzene rings is 1. The smallest absolute Gasteiger partial charge is 0.478 e. The maximum atomic E-state index is 13.7. The standard InChI is InChI=1S/C19H27BF3N2O4.K/c1-11-14(17(26)27)12(2)16(13(3)15(11)20(21,22)23)24-7-9-25(10-8-24)18(28)29-19(4,5)6;/h7-10H2,1-6H3,(H,26,27);/q-1;+1. The Hall–Kier alpha value is -0.749. The van der Waals surface area contributed by atoms with Gasteiger partial charge in [0.25, 0.3) is 0 Å². The van der Waals surface area contributed by atoms with E-state index < -0.39 is 30.1 Å². The van der Waals surface area contributed by atoms with Gasteiger partial charge in [0, 0.05) is 31.9 Å². The van der Waals surface area contributed by atoms with Crippen molar-refractivity contribution in [3.63, 3.8) is 0 Å². The quantitative estimate of drug-likeness (QED) is 0.671. The van der Waals surface area contributed by atoms with Crippen molar-refractivity contribution in [3.05, 3.63) is 22.3 Å². The van der Waals surface area contributed by atoms with E-state index in [0.29, 0.717) is 5.56 Å². The molecule has 1 saturated heterocycles. The molecule has 1 N–H and O–H groups in total. The van der Waals surface area contributed by atoms with Gasteiger partial charge in [0.1, 0.15) is 5.60 Å². The van der Waals surface area contributed by atoms with Crippen LogP contribution in [0.1, 0.15) is 47.8 Å². The number of piperazine rings is 1. The minimum Gasteiger partial charge on any atom is -0.478 e. The molecule has 0 radical (unpaired) electrons. The Morgan fingerprint density at radius 3 is 1.87 bits per heavy atom. The third kappa shape index (κ3) is 5.94. The molecule has 1 fully saturated rings. The summed E-state index contributed by atoms with van der Waals surface area (Å²) in [5.41, 5.74) is -1.43. The van der Waals surface area contributed by atoms with Crippen LogP contribution >= 0.6 is 0 Å². The van der Waals surface area contributed by atoms with Crippen LogP contribution in [0.25, 0.3) is 0 Å². The van der Waals surface area contributed by atoms with Crippen molar-refractivity contribution in [2.45, 2.75) is 47.1 Å². The number of carboxylic acids is 1. The second-order valence-electron chi connectivity index (χ2n) is 8.35. The molecule has 1 amide bonds. The second kappa shape index (κ2) is 9.81. The molecule has 1 aromatic rings. The number of hydrogen-bond acceptors (Lipinski definition) is 4. The van der Waals surface area contributed by atoms with Crippen molar-refractivity contribution < 1.29 is 83.8 Å². The minimum atomic E-state index is -5.38. The summed E-state index contributed by atoms with van der Waals surface area (Å²) in [6.45, 7) is 5.13. The van der Waals surface area contributed by atoms with Crippen molar-refractivity contribution in [3.8, 4) is 0 Å². The SMILES string of the molecule is Cc1c(C(=O)O)c(C)c([B-](F)(F)F)c(C)c1N1CCN(C(=O)OC(C)(C)C)CC1.[K+]. The molecule has 0 aliphatic carbocycles. The molecule has 2 rings (SSSR count). The molecule has 0 bridgehead atoms. The van der Waals surface area contributed by atoms with Crippen molar-refractivity contribution in [1.82, 2.24) is 4.90 Å². The van der Waals surface area contributed by atoms with Crippen molar-refractivity contribution in [1.29, 1.82) is 0 Å². The molecule has 1 aromatic carbocycles. The summed E-state index contributed by atoms with van der Waals surface area (Å²) >= 11 is 0. The molecule has 0 spiro atoms. The Labute approximate surface area is 217 Å². The van der Waals surface area contributed by atoms with Gasteiger partial charge in [-0.15, -0.1) is 0 Å². The van der Waals surface area contributed by atoms with Crippen molar-refractivity contribution in [2.75, 3.05) is 31.1 Å². The third-order valence-corrected chi connectivity index (χ3v) is 5.06. The normalized spacial score (nSPS) is 15.0. The van der Waals surface area contributed by atoms with E-state index in [4.69, 9.17) is 4.74 Å². The molecular formula is C19H27BF3KN2O4. The Balaban J connectivity index is 0.00000450. The van der Waals surface area contributed by atoms with Crippen LogP contribution in [0.5, 0.6) is 0 Å². The van der Waals surface area contributed by atoms with Crippen LogP contribution < -0.4 is 61.7 Å². The summed E-state index contributed by atoms with van der Waals surface area (Å²) in [7, 11) is 0. The number of carboxylic acid groups (broad SMARTS) is 1. The van der Waals surface area contributed by atoms with Crippen LogP contribution in [-0.2, 0) is 4.74 Å². The Kier molecular flexibility index (Phi) is 8.92. The first-order valence-electron chi connectivity index (χ1n) is 9.45. The van der Waals surface area contributed by atoms with Gasteiger partial charge in [-0.3, -0.25) is 0 Å². The first-order valence-corrected chi connectivity index (χ1v) is 9.45. The van der Waals surface area contributed by atoms with Crippen LogP contribution in [0.3, 0.4) is 0 Å². The van der Waals surface area contributed by atoms with E-state index in [0.717, 1.165) is 0 Å². The fraction of sp³-hybridized carbons (Fsp3) is 0.579. The van der Waals surface area contributed by atoms with Gasteiger partial charge in [0.05, 0.1) is 5.56 Å². The van der Waals surface area contributed by atoms with Gasteiger partial charge in [-0.05, 0) is 47.1 Å². The number of rotatable bonds is 3. The van der Waals surface area contributed by atoms with Crippen molar-refractivity contribution in [2.24, 2.45) is 0 Å². The van der Waals surface area contributed by atoms with Gasteiger partial charge in [-0.25, -0.2) is 9.59 Å². The average Bonchev–Trinajstić information content (AvgIpc) is 2.51. The molecule has 1 heterocycles. The first kappa shape index (κ1) is 27.3. The number of amides is 1. The van der Waals surface area contributed by atoms with E-state index in [1.807, 2.05) is 0 Å². The number of ether oxygens (including phenoxy) is 1. The predicted octanol–water partition coefficient (Wildman–Crippen LogP) is 0.426. The number of nitrogens with zero attached hydrogens (tertiary/aromatic N) is 2. The summed E-state index contributed by atoms with van der Waals surface area (Å²) in [4.78, 5) is 27.2. The topological polar surface area (TPSA) is 70.1 Å². The monoisotopic (exact) mass is 454 g/mol. The summed E-state index contributed by atoms with van der Waals surface area (Å²) in [5, 5.41) is 9.52. The molecular weight excluding hydrogens is 427 g/mol. The fourth-order valence-corrected chi connectivity index (χ4v) is 3.95. The first-order chi connectivity index (χ1) is 13.1. The Morgan fingerprint density at radius 1 is 0.967 bits per heavy atom. The van der Waals surface area contributed by atoms with E-state index in [1.54, 1.807) is 25.7 Å². The molecule has 0 unspecified atom stereocenters. The van der Waals surface area contributed by atoms with Gasteiger partial charge < -0.3 is 32.6 Å². The summed E-state index contributed by atoms with van der Waals surface area (Å²) in [6.07, 6.45) is -0.472. The predicted molar refractivity (Wildman–Crippen MR) is 106 cm³/mol.